The molecule has 0 radical (unpaired) electrons. The zero-order chi connectivity index (χ0) is 46.9. The molecule has 332 valence electrons. The Morgan fingerprint density at radius 1 is 0.420 bits per heavy atom. The highest BCUT2D eigenvalue weighted by molar-refractivity contribution is 6.11. The zero-order valence-electron chi connectivity index (χ0n) is 40.1. The van der Waals surface area contributed by atoms with Crippen molar-refractivity contribution in [1.82, 2.24) is 9.13 Å². The summed E-state index contributed by atoms with van der Waals surface area (Å²) in [6.45, 7) is 19.8. The first kappa shape index (κ1) is 41.3. The second-order valence-electron chi connectivity index (χ2n) is 20.7. The number of hydrogen-bond donors (Lipinski definition) is 0. The Bertz CT molecular complexity index is 3990. The largest absolute Gasteiger partial charge is 0.309 e. The molecule has 0 saturated carbocycles. The van der Waals surface area contributed by atoms with E-state index < -0.39 is 0 Å². The maximum Gasteiger partial charge on any atom is 0.0541 e. The first-order valence-corrected chi connectivity index (χ1v) is 24.5. The number of benzene rings is 9. The van der Waals surface area contributed by atoms with E-state index in [9.17, 15) is 0 Å². The second-order valence-corrected chi connectivity index (χ2v) is 20.7. The van der Waals surface area contributed by atoms with Gasteiger partial charge in [-0.1, -0.05) is 150 Å². The van der Waals surface area contributed by atoms with Crippen LogP contribution in [0.1, 0.15) is 73.9 Å². The molecule has 0 N–H and O–H groups in total. The van der Waals surface area contributed by atoms with Crippen LogP contribution in [0.5, 0.6) is 0 Å². The van der Waals surface area contributed by atoms with Crippen molar-refractivity contribution in [3.8, 4) is 55.9 Å². The van der Waals surface area contributed by atoms with Crippen LogP contribution in [0.15, 0.2) is 207 Å². The Kier molecular flexibility index (Phi) is 8.99. The van der Waals surface area contributed by atoms with E-state index in [2.05, 4.69) is 239 Å². The van der Waals surface area contributed by atoms with Gasteiger partial charge in [-0.3, -0.25) is 0 Å². The van der Waals surface area contributed by atoms with E-state index in [-0.39, 0.29) is 16.7 Å². The minimum Gasteiger partial charge on any atom is -0.309 e. The van der Waals surface area contributed by atoms with Crippen LogP contribution in [0.2, 0.25) is 0 Å². The summed E-state index contributed by atoms with van der Waals surface area (Å²) in [5.74, 6) is 0.285. The Morgan fingerprint density at radius 2 is 0.870 bits per heavy atom. The van der Waals surface area contributed by atoms with Gasteiger partial charge in [-0.25, -0.2) is 0 Å². The summed E-state index contributed by atoms with van der Waals surface area (Å²) in [4.78, 5) is 0. The highest BCUT2D eigenvalue weighted by Gasteiger charge is 2.37. The Balaban J connectivity index is 0.887. The molecule has 1 atom stereocenters. The minimum atomic E-state index is -0.120. The van der Waals surface area contributed by atoms with Crippen LogP contribution >= 0.6 is 0 Å². The Labute approximate surface area is 405 Å². The third-order valence-corrected chi connectivity index (χ3v) is 16.1. The van der Waals surface area contributed by atoms with E-state index >= 15 is 0 Å². The molecule has 0 amide bonds. The van der Waals surface area contributed by atoms with Gasteiger partial charge in [0.15, 0.2) is 0 Å². The fraction of sp³-hybridized carbons (Fsp3) is 0.134. The van der Waals surface area contributed by atoms with Gasteiger partial charge in [-0.15, -0.1) is 13.2 Å². The lowest BCUT2D eigenvalue weighted by Crippen LogP contribution is -2.14. The topological polar surface area (TPSA) is 9.86 Å². The maximum absolute atomic E-state index is 4.08. The van der Waals surface area contributed by atoms with Crippen molar-refractivity contribution in [2.45, 2.75) is 57.8 Å². The van der Waals surface area contributed by atoms with Crippen molar-refractivity contribution < 1.29 is 0 Å². The fourth-order valence-electron chi connectivity index (χ4n) is 12.3. The number of nitrogens with zero attached hydrogens (tertiary/aromatic N) is 2. The highest BCUT2D eigenvalue weighted by atomic mass is 15.0. The van der Waals surface area contributed by atoms with E-state index in [1.807, 2.05) is 12.2 Å². The first-order valence-electron chi connectivity index (χ1n) is 24.5. The summed E-state index contributed by atoms with van der Waals surface area (Å²) in [5, 5.41) is 5.10. The van der Waals surface area contributed by atoms with Gasteiger partial charge in [0.05, 0.1) is 22.1 Å². The number of rotatable bonds is 8. The maximum atomic E-state index is 4.08. The van der Waals surface area contributed by atoms with Gasteiger partial charge in [0.25, 0.3) is 0 Å². The number of aromatic nitrogens is 2. The molecule has 0 aliphatic heterocycles. The molecule has 0 saturated heterocycles. The van der Waals surface area contributed by atoms with Crippen LogP contribution < -0.4 is 0 Å². The average molecular weight is 887 g/mol. The van der Waals surface area contributed by atoms with Crippen LogP contribution in [-0.2, 0) is 17.3 Å². The van der Waals surface area contributed by atoms with Gasteiger partial charge in [0.1, 0.15) is 0 Å². The van der Waals surface area contributed by atoms with Crippen molar-refractivity contribution >= 4 is 43.6 Å². The number of hydrogen-bond acceptors (Lipinski definition) is 0. The third kappa shape index (κ3) is 6.04. The van der Waals surface area contributed by atoms with Gasteiger partial charge >= 0.3 is 0 Å². The smallest absolute Gasteiger partial charge is 0.0541 e. The molecule has 2 nitrogen and oxygen atoms in total. The average Bonchev–Trinajstić information content (AvgIpc) is 4.03. The van der Waals surface area contributed by atoms with Crippen LogP contribution in [-0.4, -0.2) is 9.13 Å². The molecule has 2 aliphatic rings. The quantitative estimate of drug-likeness (QED) is 0.135. The molecule has 0 spiro atoms. The predicted molar refractivity (Wildman–Crippen MR) is 294 cm³/mol. The van der Waals surface area contributed by atoms with E-state index in [1.54, 1.807) is 0 Å². The van der Waals surface area contributed by atoms with Gasteiger partial charge in [-0.05, 0) is 169 Å². The minimum absolute atomic E-state index is 0.118. The molecule has 2 heteroatoms. The standard InChI is InChI=1S/C67H54N2/c1-8-15-42-22-32-64-56(34-42)50-18-10-12-20-62(50)68(64)48-26-30-60-54(39-48)52-37-46(23-28-58(52)66(60,4)5)44-16-14-17-45(35-44)47-24-29-59-53(38-47)55-40-49(27-31-61(55)67(59,6)7)69-63-21-13-11-19-51(63)57-36-43(41(3)9-2)25-33-65(57)69/h8-14,16-41H,1-2,15H2,3-7H3. The molecule has 2 heterocycles. The second kappa shape index (κ2) is 15.0. The third-order valence-electron chi connectivity index (χ3n) is 16.1. The van der Waals surface area contributed by atoms with E-state index in [0.29, 0.717) is 0 Å². The molecular weight excluding hydrogens is 833 g/mol. The lowest BCUT2D eigenvalue weighted by atomic mass is 9.82. The molecule has 2 aliphatic carbocycles. The summed E-state index contributed by atoms with van der Waals surface area (Å²) in [7, 11) is 0. The Hall–Kier alpha value is -7.94. The normalized spacial score (nSPS) is 14.5. The predicted octanol–water partition coefficient (Wildman–Crippen LogP) is 17.8. The SMILES string of the molecule is C=CCc1ccc2c(c1)c1ccccc1n2-c1ccc2c(c1)-c1cc(-c3cccc(-c4ccc5c(c4)-c4cc(-n6c7ccccc7c7cc(C(C)C=C)ccc76)ccc4C5(C)C)c3)ccc1C2(C)C. The van der Waals surface area contributed by atoms with Crippen LogP contribution in [0, 0.1) is 0 Å². The van der Waals surface area contributed by atoms with E-state index in [4.69, 9.17) is 0 Å². The molecule has 13 rings (SSSR count). The number of fused-ring (bicyclic) bond motifs is 12. The van der Waals surface area contributed by atoms with Crippen LogP contribution in [0.4, 0.5) is 0 Å². The molecule has 0 bridgehead atoms. The summed E-state index contributed by atoms with van der Waals surface area (Å²) >= 11 is 0. The Morgan fingerprint density at radius 3 is 1.39 bits per heavy atom. The van der Waals surface area contributed by atoms with Crippen molar-refractivity contribution in [1.29, 1.82) is 0 Å². The van der Waals surface area contributed by atoms with Gasteiger partial charge in [0, 0.05) is 43.7 Å². The van der Waals surface area contributed by atoms with E-state index in [1.165, 1.54) is 133 Å². The summed E-state index contributed by atoms with van der Waals surface area (Å²) in [6, 6.07) is 69.2. The van der Waals surface area contributed by atoms with Crippen molar-refractivity contribution in [3.05, 3.63) is 241 Å². The summed E-state index contributed by atoms with van der Waals surface area (Å²) < 4.78 is 4.90. The first-order chi connectivity index (χ1) is 33.5. The van der Waals surface area contributed by atoms with Crippen molar-refractivity contribution in [2.75, 3.05) is 0 Å². The van der Waals surface area contributed by atoms with Crippen LogP contribution in [0.3, 0.4) is 0 Å². The monoisotopic (exact) mass is 886 g/mol. The molecular formula is C67H54N2. The molecule has 1 unspecified atom stereocenters. The van der Waals surface area contributed by atoms with Crippen molar-refractivity contribution in [3.63, 3.8) is 0 Å². The van der Waals surface area contributed by atoms with Crippen LogP contribution in [0.25, 0.3) is 99.5 Å². The molecule has 9 aromatic carbocycles. The number of para-hydroxylation sites is 2. The summed E-state index contributed by atoms with van der Waals surface area (Å²) in [5.41, 5.74) is 25.2. The summed E-state index contributed by atoms with van der Waals surface area (Å²) in [6.07, 6.45) is 4.87. The fourth-order valence-corrected chi connectivity index (χ4v) is 12.3. The molecule has 0 fully saturated rings. The van der Waals surface area contributed by atoms with Gasteiger partial charge in [-0.2, -0.15) is 0 Å². The van der Waals surface area contributed by atoms with Gasteiger partial charge < -0.3 is 9.13 Å². The zero-order valence-corrected chi connectivity index (χ0v) is 40.1. The lowest BCUT2D eigenvalue weighted by molar-refractivity contribution is 0.660. The molecule has 11 aromatic rings. The van der Waals surface area contributed by atoms with Gasteiger partial charge in [0.2, 0.25) is 0 Å². The van der Waals surface area contributed by atoms with Crippen molar-refractivity contribution in [2.24, 2.45) is 0 Å². The number of allylic oxidation sites excluding steroid dienone is 2. The molecule has 2 aromatic heterocycles. The highest BCUT2D eigenvalue weighted by Crippen LogP contribution is 2.53. The molecule has 69 heavy (non-hydrogen) atoms. The lowest BCUT2D eigenvalue weighted by Gasteiger charge is -2.22. The van der Waals surface area contributed by atoms with E-state index in [0.717, 1.165) is 6.42 Å².